The van der Waals surface area contributed by atoms with Crippen LogP contribution in [0, 0.1) is 0 Å². The summed E-state index contributed by atoms with van der Waals surface area (Å²) in [4.78, 5) is 23.7. The number of rotatable bonds is 4. The van der Waals surface area contributed by atoms with Crippen LogP contribution in [-0.2, 0) is 9.53 Å². The van der Waals surface area contributed by atoms with Crippen molar-refractivity contribution >= 4 is 11.9 Å². The van der Waals surface area contributed by atoms with Crippen molar-refractivity contribution in [3.8, 4) is 5.75 Å². The minimum absolute atomic E-state index is 0.00609. The number of aromatic hydroxyl groups is 1. The lowest BCUT2D eigenvalue weighted by Gasteiger charge is -2.20. The third kappa shape index (κ3) is 5.39. The van der Waals surface area contributed by atoms with Crippen molar-refractivity contribution in [2.75, 3.05) is 6.61 Å². The molecule has 1 aromatic rings. The Kier molecular flexibility index (Phi) is 6.25. The number of phenols is 1. The second kappa shape index (κ2) is 8.41. The van der Waals surface area contributed by atoms with Gasteiger partial charge in [-0.1, -0.05) is 38.2 Å². The van der Waals surface area contributed by atoms with Crippen LogP contribution < -0.4 is 5.32 Å². The third-order valence-corrected chi connectivity index (χ3v) is 3.89. The Morgan fingerprint density at radius 2 is 1.82 bits per heavy atom. The fraction of sp³-hybridized carbons (Fsp3) is 0.529. The second-order valence-electron chi connectivity index (χ2n) is 5.74. The maximum Gasteiger partial charge on any atom is 0.338 e. The molecule has 1 aliphatic carbocycles. The van der Waals surface area contributed by atoms with E-state index in [9.17, 15) is 14.7 Å². The normalized spacial score (nSPS) is 16.4. The van der Waals surface area contributed by atoms with Gasteiger partial charge in [-0.05, 0) is 31.0 Å². The van der Waals surface area contributed by atoms with Crippen LogP contribution in [0.5, 0.6) is 5.75 Å². The average molecular weight is 305 g/mol. The van der Waals surface area contributed by atoms with Gasteiger partial charge < -0.3 is 15.2 Å². The standard InChI is InChI=1S/C17H23NO4/c19-15-10-6-7-13(11-15)17(21)22-12-16(20)18-14-8-4-2-1-3-5-9-14/h6-7,10-11,14,19H,1-5,8-9,12H2,(H,18,20). The van der Waals surface area contributed by atoms with Crippen molar-refractivity contribution < 1.29 is 19.4 Å². The van der Waals surface area contributed by atoms with E-state index in [1.165, 1.54) is 37.5 Å². The van der Waals surface area contributed by atoms with Crippen molar-refractivity contribution in [1.82, 2.24) is 5.32 Å². The third-order valence-electron chi connectivity index (χ3n) is 3.89. The predicted molar refractivity (Wildman–Crippen MR) is 82.6 cm³/mol. The number of phenolic OH excluding ortho intramolecular Hbond substituents is 1. The molecule has 1 aromatic carbocycles. The minimum atomic E-state index is -0.608. The molecule has 1 saturated carbocycles. The van der Waals surface area contributed by atoms with E-state index < -0.39 is 5.97 Å². The topological polar surface area (TPSA) is 75.6 Å². The summed E-state index contributed by atoms with van der Waals surface area (Å²) in [6, 6.07) is 6.06. The van der Waals surface area contributed by atoms with Crippen molar-refractivity contribution in [2.24, 2.45) is 0 Å². The molecule has 0 aromatic heterocycles. The van der Waals surface area contributed by atoms with Crippen LogP contribution in [0.4, 0.5) is 0 Å². The molecule has 120 valence electrons. The molecule has 0 radical (unpaired) electrons. The first kappa shape index (κ1) is 16.3. The lowest BCUT2D eigenvalue weighted by molar-refractivity contribution is -0.125. The van der Waals surface area contributed by atoms with E-state index in [-0.39, 0.29) is 29.9 Å². The van der Waals surface area contributed by atoms with Gasteiger partial charge in [-0.15, -0.1) is 0 Å². The molecule has 1 fully saturated rings. The molecule has 1 aliphatic rings. The Balaban J connectivity index is 1.75. The van der Waals surface area contributed by atoms with Crippen LogP contribution in [0.1, 0.15) is 55.3 Å². The molecule has 2 rings (SSSR count). The highest BCUT2D eigenvalue weighted by Crippen LogP contribution is 2.17. The zero-order valence-corrected chi connectivity index (χ0v) is 12.7. The Morgan fingerprint density at radius 3 is 2.50 bits per heavy atom. The maximum absolute atomic E-state index is 11.9. The predicted octanol–water partition coefficient (Wildman–Crippen LogP) is 2.78. The quantitative estimate of drug-likeness (QED) is 0.839. The van der Waals surface area contributed by atoms with E-state index in [2.05, 4.69) is 5.32 Å². The molecular formula is C17H23NO4. The van der Waals surface area contributed by atoms with Gasteiger partial charge in [0.2, 0.25) is 0 Å². The Bertz CT molecular complexity index is 507. The summed E-state index contributed by atoms with van der Waals surface area (Å²) in [6.45, 7) is -0.287. The fourth-order valence-electron chi connectivity index (χ4n) is 2.72. The van der Waals surface area contributed by atoms with Gasteiger partial charge in [0.25, 0.3) is 5.91 Å². The lowest BCUT2D eigenvalue weighted by Crippen LogP contribution is -2.38. The van der Waals surface area contributed by atoms with Crippen LogP contribution in [-0.4, -0.2) is 29.6 Å². The summed E-state index contributed by atoms with van der Waals surface area (Å²) in [7, 11) is 0. The van der Waals surface area contributed by atoms with Crippen LogP contribution in [0.2, 0.25) is 0 Å². The van der Waals surface area contributed by atoms with Crippen LogP contribution in [0.25, 0.3) is 0 Å². The van der Waals surface area contributed by atoms with E-state index in [4.69, 9.17) is 4.74 Å². The molecule has 22 heavy (non-hydrogen) atoms. The molecule has 0 saturated heterocycles. The summed E-state index contributed by atoms with van der Waals surface area (Å²) in [5.74, 6) is -0.879. The number of hydrogen-bond acceptors (Lipinski definition) is 4. The highest BCUT2D eigenvalue weighted by atomic mass is 16.5. The molecule has 0 bridgehead atoms. The van der Waals surface area contributed by atoms with Crippen LogP contribution in [0.3, 0.4) is 0 Å². The molecule has 0 spiro atoms. The van der Waals surface area contributed by atoms with E-state index in [1.807, 2.05) is 0 Å². The average Bonchev–Trinajstić information content (AvgIpc) is 2.47. The molecule has 0 heterocycles. The zero-order chi connectivity index (χ0) is 15.8. The molecule has 1 amide bonds. The van der Waals surface area contributed by atoms with E-state index >= 15 is 0 Å². The number of esters is 1. The van der Waals surface area contributed by atoms with Crippen molar-refractivity contribution in [1.29, 1.82) is 0 Å². The van der Waals surface area contributed by atoms with Crippen molar-refractivity contribution in [2.45, 2.75) is 51.0 Å². The summed E-state index contributed by atoms with van der Waals surface area (Å²) < 4.78 is 4.98. The summed E-state index contributed by atoms with van der Waals surface area (Å²) in [5, 5.41) is 12.3. The Morgan fingerprint density at radius 1 is 1.14 bits per heavy atom. The molecule has 5 nitrogen and oxygen atoms in total. The van der Waals surface area contributed by atoms with Gasteiger partial charge in [-0.2, -0.15) is 0 Å². The number of ether oxygens (including phenoxy) is 1. The molecule has 2 N–H and O–H groups in total. The summed E-state index contributed by atoms with van der Waals surface area (Å²) in [6.07, 6.45) is 7.97. The SMILES string of the molecule is O=C(COC(=O)c1cccc(O)c1)NC1CCCCCCC1. The maximum atomic E-state index is 11.9. The highest BCUT2D eigenvalue weighted by molar-refractivity contribution is 5.91. The lowest BCUT2D eigenvalue weighted by atomic mass is 9.97. The van der Waals surface area contributed by atoms with Gasteiger partial charge in [0.05, 0.1) is 5.56 Å². The number of hydrogen-bond donors (Lipinski definition) is 2. The zero-order valence-electron chi connectivity index (χ0n) is 12.7. The van der Waals surface area contributed by atoms with Crippen LogP contribution >= 0.6 is 0 Å². The van der Waals surface area contributed by atoms with Gasteiger partial charge in [0.1, 0.15) is 5.75 Å². The van der Waals surface area contributed by atoms with Gasteiger partial charge in [0, 0.05) is 6.04 Å². The largest absolute Gasteiger partial charge is 0.508 e. The smallest absolute Gasteiger partial charge is 0.338 e. The fourth-order valence-corrected chi connectivity index (χ4v) is 2.72. The summed E-state index contributed by atoms with van der Waals surface area (Å²) >= 11 is 0. The molecule has 0 atom stereocenters. The van der Waals surface area contributed by atoms with Crippen molar-refractivity contribution in [3.05, 3.63) is 29.8 Å². The van der Waals surface area contributed by atoms with Gasteiger partial charge >= 0.3 is 5.97 Å². The molecule has 5 heteroatoms. The Hall–Kier alpha value is -2.04. The molecule has 0 unspecified atom stereocenters. The van der Waals surface area contributed by atoms with Crippen LogP contribution in [0.15, 0.2) is 24.3 Å². The first-order valence-electron chi connectivity index (χ1n) is 7.90. The van der Waals surface area contributed by atoms with Crippen molar-refractivity contribution in [3.63, 3.8) is 0 Å². The minimum Gasteiger partial charge on any atom is -0.508 e. The Labute approximate surface area is 130 Å². The van der Waals surface area contributed by atoms with Gasteiger partial charge in [-0.3, -0.25) is 4.79 Å². The number of carbonyl (C=O) groups excluding carboxylic acids is 2. The number of amides is 1. The van der Waals surface area contributed by atoms with E-state index in [1.54, 1.807) is 6.07 Å². The number of nitrogens with one attached hydrogen (secondary N) is 1. The number of carbonyl (C=O) groups is 2. The molecule has 0 aliphatic heterocycles. The number of benzene rings is 1. The molecular weight excluding hydrogens is 282 g/mol. The van der Waals surface area contributed by atoms with Gasteiger partial charge in [-0.25, -0.2) is 4.79 Å². The second-order valence-corrected chi connectivity index (χ2v) is 5.74. The summed E-state index contributed by atoms with van der Waals surface area (Å²) in [5.41, 5.74) is 0.235. The van der Waals surface area contributed by atoms with E-state index in [0.29, 0.717) is 0 Å². The first-order valence-corrected chi connectivity index (χ1v) is 7.90. The highest BCUT2D eigenvalue weighted by Gasteiger charge is 2.16. The van der Waals surface area contributed by atoms with E-state index in [0.717, 1.165) is 25.7 Å². The van der Waals surface area contributed by atoms with Gasteiger partial charge in [0.15, 0.2) is 6.61 Å². The monoisotopic (exact) mass is 305 g/mol. The first-order chi connectivity index (χ1) is 10.6.